The van der Waals surface area contributed by atoms with Crippen LogP contribution in [-0.4, -0.2) is 97.9 Å². The van der Waals surface area contributed by atoms with Crippen LogP contribution in [0.15, 0.2) is 114 Å². The molecule has 300 valence electrons. The van der Waals surface area contributed by atoms with E-state index in [4.69, 9.17) is 19.9 Å². The maximum Gasteiger partial charge on any atom is 0.318 e. The third-order valence-corrected chi connectivity index (χ3v) is 10.8. The Labute approximate surface area is 346 Å². The molecular formula is C39H32N11O8S2+3. The minimum atomic E-state index is -0.982. The third-order valence-electron chi connectivity index (χ3n) is 9.11. The lowest BCUT2D eigenvalue weighted by molar-refractivity contribution is -0.775. The first-order valence-electron chi connectivity index (χ1n) is 17.8. The summed E-state index contributed by atoms with van der Waals surface area (Å²) in [5.74, 6) is -1.59. The molecule has 0 amide bonds. The Hall–Kier alpha value is -7.65. The van der Waals surface area contributed by atoms with Gasteiger partial charge in [0.1, 0.15) is 11.2 Å². The highest BCUT2D eigenvalue weighted by molar-refractivity contribution is 8.00. The summed E-state index contributed by atoms with van der Waals surface area (Å²) in [4.78, 5) is 65.7. The van der Waals surface area contributed by atoms with Crippen molar-refractivity contribution in [2.24, 2.45) is 0 Å². The zero-order chi connectivity index (χ0) is 41.9. The standard InChI is InChI=1S/C39H29N11O8S2/c1-57-49(55)30-16-26(14-28(18-30)36-40-38(44-42-36)59-20-34(51)52)22-3-5-23(6-4-22)32-10-12-48(46-32)47-11-9-25-13-24(7-8-33(25)47)27-15-29(19-31(17-27)50(56)58-2)37-41-39(45-43-37)60-21-35(53)54/h3-19H,20-21H2,1-2H3,(H2-2,40,41,42,43,44,45,51,52,53,54)/p+3. The van der Waals surface area contributed by atoms with Crippen LogP contribution in [0.4, 0.5) is 11.4 Å². The second kappa shape index (κ2) is 16.7. The van der Waals surface area contributed by atoms with Crippen LogP contribution in [0, 0.1) is 9.81 Å². The molecule has 21 heteroatoms. The molecule has 0 fully saturated rings. The molecule has 0 bridgehead atoms. The SMILES string of the molecule is CO[N+](=O)c1cc(-c2ccc(-c3cc[n+](-n4ccc5cc(-c6cc(-c7nnc(SCC(=O)O)[nH]7)cc([N+](=O)OC)c6)ccc54)[nH]3)cc2)cc(-c2nnc(SCC(=O)O)[nH]2)c1. The van der Waals surface area contributed by atoms with E-state index in [1.165, 1.54) is 14.2 Å². The summed E-state index contributed by atoms with van der Waals surface area (Å²) in [6.07, 6.45) is 3.84. The van der Waals surface area contributed by atoms with Crippen LogP contribution in [0.2, 0.25) is 0 Å². The highest BCUT2D eigenvalue weighted by Gasteiger charge is 2.23. The number of H-pyrrole nitrogens is 3. The first-order valence-corrected chi connectivity index (χ1v) is 19.7. The maximum atomic E-state index is 12.6. The molecule has 4 aromatic carbocycles. The molecule has 0 radical (unpaired) electrons. The molecule has 60 heavy (non-hydrogen) atoms. The zero-order valence-electron chi connectivity index (χ0n) is 31.5. The van der Waals surface area contributed by atoms with Gasteiger partial charge < -0.3 is 20.2 Å². The van der Waals surface area contributed by atoms with Crippen molar-refractivity contribution in [3.05, 3.63) is 113 Å². The molecule has 0 aliphatic rings. The topological polar surface area (TPSA) is 241 Å². The van der Waals surface area contributed by atoms with Crippen molar-refractivity contribution in [2.75, 3.05) is 25.7 Å². The number of hydrogen-bond acceptors (Lipinski definition) is 12. The highest BCUT2D eigenvalue weighted by Crippen LogP contribution is 2.34. The van der Waals surface area contributed by atoms with Crippen molar-refractivity contribution in [2.45, 2.75) is 10.3 Å². The normalized spacial score (nSPS) is 11.2. The number of aliphatic carboxylic acids is 2. The van der Waals surface area contributed by atoms with E-state index in [0.717, 1.165) is 62.4 Å². The Kier molecular flexibility index (Phi) is 10.9. The number of carboxylic acids is 2. The summed E-state index contributed by atoms with van der Waals surface area (Å²) in [5.41, 5.74) is 7.32. The zero-order valence-corrected chi connectivity index (χ0v) is 33.1. The van der Waals surface area contributed by atoms with Crippen LogP contribution in [-0.2, 0) is 19.3 Å². The lowest BCUT2D eigenvalue weighted by Crippen LogP contribution is -2.42. The van der Waals surface area contributed by atoms with E-state index in [0.29, 0.717) is 48.5 Å². The Morgan fingerprint density at radius 2 is 1.17 bits per heavy atom. The Morgan fingerprint density at radius 1 is 0.650 bits per heavy atom. The first-order chi connectivity index (χ1) is 29.0. The molecule has 8 rings (SSSR count). The van der Waals surface area contributed by atoms with Crippen LogP contribution in [0.5, 0.6) is 0 Å². The average Bonchev–Trinajstić information content (AvgIpc) is 4.11. The quantitative estimate of drug-likeness (QED) is 0.0400. The van der Waals surface area contributed by atoms with Gasteiger partial charge in [-0.05, 0) is 52.6 Å². The van der Waals surface area contributed by atoms with Crippen molar-refractivity contribution in [1.82, 2.24) is 40.1 Å². The van der Waals surface area contributed by atoms with E-state index in [1.807, 2.05) is 88.6 Å². The van der Waals surface area contributed by atoms with Gasteiger partial charge in [-0.25, -0.2) is 9.68 Å². The molecule has 19 nitrogen and oxygen atoms in total. The molecule has 4 aromatic heterocycles. The molecule has 8 aromatic rings. The number of aromatic nitrogens is 9. The Balaban J connectivity index is 1.04. The van der Waals surface area contributed by atoms with Gasteiger partial charge in [0.25, 0.3) is 9.85 Å². The number of rotatable bonds is 16. The second-order valence-electron chi connectivity index (χ2n) is 12.9. The maximum absolute atomic E-state index is 12.6. The van der Waals surface area contributed by atoms with E-state index in [-0.39, 0.29) is 22.9 Å². The van der Waals surface area contributed by atoms with E-state index >= 15 is 0 Å². The van der Waals surface area contributed by atoms with Crippen LogP contribution < -0.4 is 4.79 Å². The number of benzene rings is 4. The van der Waals surface area contributed by atoms with E-state index < -0.39 is 11.9 Å². The number of carboxylic acid groups (broad SMARTS) is 2. The van der Waals surface area contributed by atoms with Gasteiger partial charge in [0.05, 0.1) is 27.5 Å². The molecule has 4 heterocycles. The molecular weight excluding hydrogens is 815 g/mol. The van der Waals surface area contributed by atoms with Crippen molar-refractivity contribution >= 4 is 57.7 Å². The smallest absolute Gasteiger partial charge is 0.318 e. The highest BCUT2D eigenvalue weighted by atomic mass is 32.2. The van der Waals surface area contributed by atoms with E-state index in [1.54, 1.807) is 24.3 Å². The van der Waals surface area contributed by atoms with Gasteiger partial charge >= 0.3 is 23.3 Å². The van der Waals surface area contributed by atoms with Crippen LogP contribution in [0.25, 0.3) is 67.2 Å². The average molecular weight is 847 g/mol. The molecule has 0 spiro atoms. The fourth-order valence-corrected chi connectivity index (χ4v) is 7.42. The van der Waals surface area contributed by atoms with Crippen molar-refractivity contribution < 1.29 is 44.1 Å². The van der Waals surface area contributed by atoms with Crippen molar-refractivity contribution in [3.8, 4) is 56.3 Å². The van der Waals surface area contributed by atoms with E-state index in [9.17, 15) is 19.4 Å². The van der Waals surface area contributed by atoms with Crippen LogP contribution in [0.1, 0.15) is 0 Å². The lowest BCUT2D eigenvalue weighted by atomic mass is 10.00. The molecule has 0 aliphatic heterocycles. The molecule has 0 aliphatic carbocycles. The number of nitrogens with one attached hydrogen (secondary N) is 3. The summed E-state index contributed by atoms with van der Waals surface area (Å²) in [7, 11) is 2.55. The van der Waals surface area contributed by atoms with Gasteiger partial charge in [-0.1, -0.05) is 53.9 Å². The number of thioether (sulfide) groups is 2. The number of hydrogen-bond donors (Lipinski definition) is 5. The van der Waals surface area contributed by atoms with Crippen LogP contribution >= 0.6 is 23.5 Å². The minimum Gasteiger partial charge on any atom is -0.481 e. The van der Waals surface area contributed by atoms with E-state index in [2.05, 4.69) is 35.5 Å². The van der Waals surface area contributed by atoms with Crippen LogP contribution in [0.3, 0.4) is 0 Å². The van der Waals surface area contributed by atoms with Gasteiger partial charge in [0, 0.05) is 57.2 Å². The van der Waals surface area contributed by atoms with Gasteiger partial charge in [0.15, 0.2) is 36.2 Å². The van der Waals surface area contributed by atoms with Crippen molar-refractivity contribution in [3.63, 3.8) is 0 Å². The fourth-order valence-electron chi connectivity index (χ4n) is 6.36. The Bertz CT molecular complexity index is 2940. The molecule has 0 unspecified atom stereocenters. The van der Waals surface area contributed by atoms with Gasteiger partial charge in [-0.3, -0.25) is 9.59 Å². The number of aromatic amines is 3. The predicted octanol–water partition coefficient (Wildman–Crippen LogP) is 6.44. The second-order valence-corrected chi connectivity index (χ2v) is 14.9. The fraction of sp³-hybridized carbons (Fsp3) is 0.103. The largest absolute Gasteiger partial charge is 0.481 e. The van der Waals surface area contributed by atoms with Gasteiger partial charge in [-0.15, -0.1) is 30.2 Å². The number of fused-ring (bicyclic) bond motifs is 1. The molecule has 0 atom stereocenters. The third kappa shape index (κ3) is 8.33. The molecule has 5 N–H and O–H groups in total. The Morgan fingerprint density at radius 3 is 1.72 bits per heavy atom. The number of carbonyl (C=O) groups is 2. The summed E-state index contributed by atoms with van der Waals surface area (Å²) in [6.45, 7) is 0. The molecule has 0 saturated heterocycles. The first kappa shape index (κ1) is 39.2. The summed E-state index contributed by atoms with van der Waals surface area (Å²) in [5, 5.41) is 39.4. The van der Waals surface area contributed by atoms with Crippen molar-refractivity contribution in [1.29, 1.82) is 0 Å². The summed E-state index contributed by atoms with van der Waals surface area (Å²) >= 11 is 2.01. The lowest BCUT2D eigenvalue weighted by Gasteiger charge is -2.06. The number of nitrogens with zero attached hydrogens (tertiary/aromatic N) is 8. The summed E-state index contributed by atoms with van der Waals surface area (Å²) in [6, 6.07) is 28.0. The summed E-state index contributed by atoms with van der Waals surface area (Å²) < 4.78 is 1.96. The van der Waals surface area contributed by atoms with Gasteiger partial charge in [0.2, 0.25) is 6.20 Å². The van der Waals surface area contributed by atoms with Gasteiger partial charge in [-0.2, -0.15) is 0 Å². The molecule has 0 saturated carbocycles. The minimum absolute atomic E-state index is 0.181. The monoisotopic (exact) mass is 846 g/mol. The predicted molar refractivity (Wildman–Crippen MR) is 218 cm³/mol.